The van der Waals surface area contributed by atoms with E-state index < -0.39 is 9.84 Å². The summed E-state index contributed by atoms with van der Waals surface area (Å²) in [6, 6.07) is 11.0. The minimum Gasteiger partial charge on any atom is -0.335 e. The first-order chi connectivity index (χ1) is 12.9. The van der Waals surface area contributed by atoms with Crippen molar-refractivity contribution in [1.82, 2.24) is 9.55 Å². The van der Waals surface area contributed by atoms with Crippen LogP contribution in [0.5, 0.6) is 0 Å². The number of aryl methyl sites for hydroxylation is 2. The molecular weight excluding hydrogens is 386 g/mol. The summed E-state index contributed by atoms with van der Waals surface area (Å²) in [5, 5.41) is 0.367. The van der Waals surface area contributed by atoms with Crippen LogP contribution in [-0.4, -0.2) is 23.9 Å². The van der Waals surface area contributed by atoms with E-state index in [9.17, 15) is 13.2 Å². The van der Waals surface area contributed by atoms with Crippen molar-refractivity contribution in [2.24, 2.45) is 0 Å². The molecule has 3 aromatic rings. The SMILES string of the molecule is Cc1nccn1CCC(=O)N1c2ccccc2S(=O)(=O)c2ccc(Cl)cc21. The predicted molar refractivity (Wildman–Crippen MR) is 102 cm³/mol. The zero-order chi connectivity index (χ0) is 19.2. The predicted octanol–water partition coefficient (Wildman–Crippen LogP) is 3.75. The van der Waals surface area contributed by atoms with Crippen molar-refractivity contribution in [2.45, 2.75) is 29.7 Å². The number of para-hydroxylation sites is 1. The summed E-state index contributed by atoms with van der Waals surface area (Å²) in [5.74, 6) is 0.599. The maximum atomic E-state index is 13.1. The van der Waals surface area contributed by atoms with Crippen molar-refractivity contribution in [3.63, 3.8) is 0 Å². The maximum absolute atomic E-state index is 13.1. The number of anilines is 2. The molecule has 2 heterocycles. The van der Waals surface area contributed by atoms with Crippen LogP contribution in [0.4, 0.5) is 11.4 Å². The van der Waals surface area contributed by atoms with Gasteiger partial charge in [0.15, 0.2) is 0 Å². The molecule has 0 saturated heterocycles. The van der Waals surface area contributed by atoms with Gasteiger partial charge < -0.3 is 4.57 Å². The Morgan fingerprint density at radius 1 is 1.11 bits per heavy atom. The fraction of sp³-hybridized carbons (Fsp3) is 0.158. The monoisotopic (exact) mass is 401 g/mol. The second-order valence-corrected chi connectivity index (χ2v) is 8.55. The number of hydrogen-bond acceptors (Lipinski definition) is 4. The fourth-order valence-electron chi connectivity index (χ4n) is 3.25. The fourth-order valence-corrected chi connectivity index (χ4v) is 5.01. The number of rotatable bonds is 3. The maximum Gasteiger partial charge on any atom is 0.233 e. The number of imidazole rings is 1. The van der Waals surface area contributed by atoms with Crippen LogP contribution in [-0.2, 0) is 21.2 Å². The van der Waals surface area contributed by atoms with Crippen molar-refractivity contribution in [3.05, 3.63) is 65.7 Å². The lowest BCUT2D eigenvalue weighted by Gasteiger charge is -2.31. The summed E-state index contributed by atoms with van der Waals surface area (Å²) in [5.41, 5.74) is 0.633. The lowest BCUT2D eigenvalue weighted by Crippen LogP contribution is -2.32. The van der Waals surface area contributed by atoms with E-state index in [0.717, 1.165) is 5.82 Å². The molecule has 0 saturated carbocycles. The number of sulfone groups is 1. The zero-order valence-electron chi connectivity index (χ0n) is 14.5. The second kappa shape index (κ2) is 6.51. The molecule has 0 fully saturated rings. The summed E-state index contributed by atoms with van der Waals surface area (Å²) in [7, 11) is -3.72. The number of hydrogen-bond donors (Lipinski definition) is 0. The molecule has 0 radical (unpaired) electrons. The molecule has 0 unspecified atom stereocenters. The Kier molecular flexibility index (Phi) is 4.28. The third-order valence-electron chi connectivity index (χ3n) is 4.59. The highest BCUT2D eigenvalue weighted by Crippen LogP contribution is 2.45. The van der Waals surface area contributed by atoms with E-state index in [0.29, 0.717) is 17.3 Å². The van der Waals surface area contributed by atoms with E-state index in [2.05, 4.69) is 4.98 Å². The second-order valence-electron chi connectivity index (χ2n) is 6.23. The zero-order valence-corrected chi connectivity index (χ0v) is 16.0. The first-order valence-electron chi connectivity index (χ1n) is 8.34. The molecule has 2 aromatic carbocycles. The number of fused-ring (bicyclic) bond motifs is 2. The standard InChI is InChI=1S/C19H16ClN3O3S/c1-13-21-9-11-22(13)10-8-19(24)23-15-4-2-3-5-17(15)27(25,26)18-7-6-14(20)12-16(18)23/h2-7,9,11-12H,8,10H2,1H3. The minimum atomic E-state index is -3.72. The molecule has 4 rings (SSSR count). The van der Waals surface area contributed by atoms with Crippen LogP contribution in [0.25, 0.3) is 0 Å². The first-order valence-corrected chi connectivity index (χ1v) is 10.2. The van der Waals surface area contributed by atoms with Crippen LogP contribution in [0.3, 0.4) is 0 Å². The Bertz CT molecular complexity index is 1150. The number of aromatic nitrogens is 2. The van der Waals surface area contributed by atoms with Gasteiger partial charge >= 0.3 is 0 Å². The van der Waals surface area contributed by atoms with Crippen molar-refractivity contribution >= 4 is 38.7 Å². The van der Waals surface area contributed by atoms with E-state index in [-0.39, 0.29) is 27.8 Å². The van der Waals surface area contributed by atoms with E-state index in [1.807, 2.05) is 17.7 Å². The number of carbonyl (C=O) groups excluding carboxylic acids is 1. The normalized spacial score (nSPS) is 14.5. The molecule has 1 amide bonds. The Hall–Kier alpha value is -2.64. The van der Waals surface area contributed by atoms with Gasteiger partial charge in [-0.25, -0.2) is 13.4 Å². The molecule has 0 N–H and O–H groups in total. The molecule has 0 atom stereocenters. The van der Waals surface area contributed by atoms with Crippen LogP contribution in [0.1, 0.15) is 12.2 Å². The van der Waals surface area contributed by atoms with E-state index in [1.165, 1.54) is 29.2 Å². The summed E-state index contributed by atoms with van der Waals surface area (Å²) in [4.78, 5) is 18.9. The molecule has 8 heteroatoms. The van der Waals surface area contributed by atoms with E-state index >= 15 is 0 Å². The Morgan fingerprint density at radius 2 is 1.85 bits per heavy atom. The Labute approximate surface area is 161 Å². The van der Waals surface area contributed by atoms with E-state index in [4.69, 9.17) is 11.6 Å². The molecule has 0 aliphatic carbocycles. The van der Waals surface area contributed by atoms with Gasteiger partial charge in [0.2, 0.25) is 15.7 Å². The largest absolute Gasteiger partial charge is 0.335 e. The van der Waals surface area contributed by atoms with Crippen LogP contribution >= 0.6 is 11.6 Å². The van der Waals surface area contributed by atoms with Gasteiger partial charge in [-0.1, -0.05) is 23.7 Å². The average Bonchev–Trinajstić information content (AvgIpc) is 3.05. The van der Waals surface area contributed by atoms with Crippen LogP contribution in [0.15, 0.2) is 64.6 Å². The number of amides is 1. The Balaban J connectivity index is 1.80. The molecule has 1 aromatic heterocycles. The van der Waals surface area contributed by atoms with Crippen LogP contribution < -0.4 is 4.90 Å². The summed E-state index contributed by atoms with van der Waals surface area (Å²) in [6.07, 6.45) is 3.68. The number of nitrogens with zero attached hydrogens (tertiary/aromatic N) is 3. The highest BCUT2D eigenvalue weighted by Gasteiger charge is 2.36. The van der Waals surface area contributed by atoms with Gasteiger partial charge in [0, 0.05) is 30.4 Å². The van der Waals surface area contributed by atoms with Gasteiger partial charge in [-0.2, -0.15) is 0 Å². The summed E-state index contributed by atoms with van der Waals surface area (Å²) < 4.78 is 27.8. The summed E-state index contributed by atoms with van der Waals surface area (Å²) >= 11 is 6.10. The molecule has 1 aliphatic heterocycles. The van der Waals surface area contributed by atoms with Gasteiger partial charge in [0.25, 0.3) is 0 Å². The topological polar surface area (TPSA) is 72.3 Å². The quantitative estimate of drug-likeness (QED) is 0.670. The molecular formula is C19H16ClN3O3S. The van der Waals surface area contributed by atoms with Gasteiger partial charge in [-0.3, -0.25) is 9.69 Å². The van der Waals surface area contributed by atoms with Crippen molar-refractivity contribution < 1.29 is 13.2 Å². The molecule has 138 valence electrons. The number of carbonyl (C=O) groups is 1. The van der Waals surface area contributed by atoms with Crippen LogP contribution in [0.2, 0.25) is 5.02 Å². The highest BCUT2D eigenvalue weighted by molar-refractivity contribution is 7.92. The average molecular weight is 402 g/mol. The van der Waals surface area contributed by atoms with Crippen molar-refractivity contribution in [1.29, 1.82) is 0 Å². The van der Waals surface area contributed by atoms with Crippen molar-refractivity contribution in [3.8, 4) is 0 Å². The first kappa shape index (κ1) is 17.8. The molecule has 0 bridgehead atoms. The number of halogens is 1. The lowest BCUT2D eigenvalue weighted by molar-refractivity contribution is -0.118. The molecule has 1 aliphatic rings. The molecule has 0 spiro atoms. The highest BCUT2D eigenvalue weighted by atomic mass is 35.5. The number of benzene rings is 2. The van der Waals surface area contributed by atoms with Crippen molar-refractivity contribution in [2.75, 3.05) is 4.90 Å². The third-order valence-corrected chi connectivity index (χ3v) is 6.67. The Morgan fingerprint density at radius 3 is 2.59 bits per heavy atom. The van der Waals surface area contributed by atoms with Gasteiger partial charge in [-0.15, -0.1) is 0 Å². The minimum absolute atomic E-state index is 0.0813. The third kappa shape index (κ3) is 2.93. The molecule has 27 heavy (non-hydrogen) atoms. The molecule has 6 nitrogen and oxygen atoms in total. The van der Waals surface area contributed by atoms with Crippen LogP contribution in [0, 0.1) is 6.92 Å². The van der Waals surface area contributed by atoms with E-state index in [1.54, 1.807) is 24.4 Å². The smallest absolute Gasteiger partial charge is 0.233 e. The van der Waals surface area contributed by atoms with Gasteiger partial charge in [0.05, 0.1) is 21.2 Å². The lowest BCUT2D eigenvalue weighted by atomic mass is 10.2. The van der Waals surface area contributed by atoms with Gasteiger partial charge in [-0.05, 0) is 37.3 Å². The summed E-state index contributed by atoms with van der Waals surface area (Å²) in [6.45, 7) is 2.31. The van der Waals surface area contributed by atoms with Gasteiger partial charge in [0.1, 0.15) is 5.82 Å².